The molecule has 0 aliphatic carbocycles. The van der Waals surface area contributed by atoms with Crippen LogP contribution in [0.3, 0.4) is 0 Å². The highest BCUT2D eigenvalue weighted by Crippen LogP contribution is 2.26. The minimum atomic E-state index is 0.184. The zero-order valence-electron chi connectivity index (χ0n) is 14.1. The van der Waals surface area contributed by atoms with Gasteiger partial charge in [0.2, 0.25) is 5.91 Å². The lowest BCUT2D eigenvalue weighted by Crippen LogP contribution is -2.49. The number of hydrogen-bond acceptors (Lipinski definition) is 5. The van der Waals surface area contributed by atoms with Crippen LogP contribution in [0.1, 0.15) is 6.92 Å². The molecular formula is C17H27N3O3. The van der Waals surface area contributed by atoms with E-state index in [-0.39, 0.29) is 5.91 Å². The summed E-state index contributed by atoms with van der Waals surface area (Å²) in [5, 5.41) is 3.25. The maximum Gasteiger partial charge on any atom is 0.236 e. The van der Waals surface area contributed by atoms with Crippen molar-refractivity contribution in [3.63, 3.8) is 0 Å². The van der Waals surface area contributed by atoms with Crippen molar-refractivity contribution in [1.82, 2.24) is 15.1 Å². The Balaban J connectivity index is 1.72. The summed E-state index contributed by atoms with van der Waals surface area (Å²) in [4.78, 5) is 16.1. The van der Waals surface area contributed by atoms with Crippen molar-refractivity contribution < 1.29 is 14.3 Å². The number of hydrogen-bond donors (Lipinski definition) is 1. The molecule has 0 aromatic heterocycles. The van der Waals surface area contributed by atoms with E-state index in [2.05, 4.69) is 5.32 Å². The van der Waals surface area contributed by atoms with E-state index in [1.807, 2.05) is 48.0 Å². The van der Waals surface area contributed by atoms with Gasteiger partial charge in [-0.15, -0.1) is 0 Å². The molecule has 1 aliphatic rings. The SMILES string of the molecule is CCOc1ccccc1OCCN(C)CC(=O)N1CCNCC1. The summed E-state index contributed by atoms with van der Waals surface area (Å²) in [6.45, 7) is 7.56. The quantitative estimate of drug-likeness (QED) is 0.768. The van der Waals surface area contributed by atoms with Gasteiger partial charge in [-0.3, -0.25) is 9.69 Å². The molecule has 23 heavy (non-hydrogen) atoms. The average Bonchev–Trinajstić information content (AvgIpc) is 2.57. The number of benzene rings is 1. The fourth-order valence-corrected chi connectivity index (χ4v) is 2.48. The van der Waals surface area contributed by atoms with Crippen molar-refractivity contribution >= 4 is 5.91 Å². The second kappa shape index (κ2) is 9.37. The highest BCUT2D eigenvalue weighted by Gasteiger charge is 2.17. The lowest BCUT2D eigenvalue weighted by molar-refractivity contribution is -0.132. The molecule has 1 amide bonds. The molecule has 0 radical (unpaired) electrons. The Bertz CT molecular complexity index is 490. The molecule has 1 heterocycles. The monoisotopic (exact) mass is 321 g/mol. The van der Waals surface area contributed by atoms with E-state index in [0.717, 1.165) is 37.7 Å². The van der Waals surface area contributed by atoms with Crippen molar-refractivity contribution in [2.75, 3.05) is 59.5 Å². The van der Waals surface area contributed by atoms with Gasteiger partial charge in [0.05, 0.1) is 13.2 Å². The lowest BCUT2D eigenvalue weighted by Gasteiger charge is -2.29. The number of amides is 1. The van der Waals surface area contributed by atoms with E-state index in [4.69, 9.17) is 9.47 Å². The molecule has 1 fully saturated rings. The Morgan fingerprint density at radius 2 is 1.87 bits per heavy atom. The van der Waals surface area contributed by atoms with Crippen LogP contribution in [0.25, 0.3) is 0 Å². The van der Waals surface area contributed by atoms with Gasteiger partial charge in [-0.25, -0.2) is 0 Å². The van der Waals surface area contributed by atoms with Gasteiger partial charge in [0.25, 0.3) is 0 Å². The van der Waals surface area contributed by atoms with Crippen molar-refractivity contribution in [3.05, 3.63) is 24.3 Å². The summed E-state index contributed by atoms with van der Waals surface area (Å²) < 4.78 is 11.3. The van der Waals surface area contributed by atoms with E-state index in [1.54, 1.807) is 0 Å². The number of nitrogens with one attached hydrogen (secondary N) is 1. The zero-order valence-corrected chi connectivity index (χ0v) is 14.1. The third-order valence-corrected chi connectivity index (χ3v) is 3.75. The number of ether oxygens (including phenoxy) is 2. The van der Waals surface area contributed by atoms with Crippen molar-refractivity contribution in [2.24, 2.45) is 0 Å². The Labute approximate surface area is 138 Å². The standard InChI is InChI=1S/C17H27N3O3/c1-3-22-15-6-4-5-7-16(15)23-13-12-19(2)14-17(21)20-10-8-18-9-11-20/h4-7,18H,3,8-14H2,1-2H3. The predicted molar refractivity (Wildman–Crippen MR) is 90.1 cm³/mol. The van der Waals surface area contributed by atoms with Gasteiger partial charge in [-0.1, -0.05) is 12.1 Å². The van der Waals surface area contributed by atoms with Crippen LogP contribution >= 0.6 is 0 Å². The van der Waals surface area contributed by atoms with Gasteiger partial charge in [0.1, 0.15) is 6.61 Å². The Kier molecular flexibility index (Phi) is 7.16. The van der Waals surface area contributed by atoms with Crippen molar-refractivity contribution in [3.8, 4) is 11.5 Å². The predicted octanol–water partition coefficient (Wildman–Crippen LogP) is 0.828. The van der Waals surface area contributed by atoms with E-state index in [9.17, 15) is 4.79 Å². The van der Waals surface area contributed by atoms with Gasteiger partial charge in [0.15, 0.2) is 11.5 Å². The maximum atomic E-state index is 12.2. The molecule has 6 nitrogen and oxygen atoms in total. The number of likely N-dealkylation sites (N-methyl/N-ethyl adjacent to an activating group) is 1. The Hall–Kier alpha value is -1.79. The van der Waals surface area contributed by atoms with E-state index in [0.29, 0.717) is 26.3 Å². The number of carbonyl (C=O) groups is 1. The van der Waals surface area contributed by atoms with Gasteiger partial charge < -0.3 is 19.7 Å². The number of rotatable bonds is 8. The molecule has 1 aromatic rings. The van der Waals surface area contributed by atoms with E-state index < -0.39 is 0 Å². The number of nitrogens with zero attached hydrogens (tertiary/aromatic N) is 2. The molecular weight excluding hydrogens is 294 g/mol. The first kappa shape index (κ1) is 17.6. The van der Waals surface area contributed by atoms with Crippen molar-refractivity contribution in [1.29, 1.82) is 0 Å². The summed E-state index contributed by atoms with van der Waals surface area (Å²) in [6.07, 6.45) is 0. The second-order valence-corrected chi connectivity index (χ2v) is 5.60. The minimum Gasteiger partial charge on any atom is -0.490 e. The van der Waals surface area contributed by atoms with Crippen LogP contribution in [0, 0.1) is 0 Å². The first-order valence-electron chi connectivity index (χ1n) is 8.22. The zero-order chi connectivity index (χ0) is 16.5. The fraction of sp³-hybridized carbons (Fsp3) is 0.588. The molecule has 128 valence electrons. The highest BCUT2D eigenvalue weighted by molar-refractivity contribution is 5.78. The minimum absolute atomic E-state index is 0.184. The topological polar surface area (TPSA) is 54.0 Å². The van der Waals surface area contributed by atoms with E-state index in [1.165, 1.54) is 0 Å². The molecule has 0 unspecified atom stereocenters. The first-order valence-corrected chi connectivity index (χ1v) is 8.22. The fourth-order valence-electron chi connectivity index (χ4n) is 2.48. The smallest absolute Gasteiger partial charge is 0.236 e. The van der Waals surface area contributed by atoms with Crippen LogP contribution in [0.2, 0.25) is 0 Å². The van der Waals surface area contributed by atoms with Crippen LogP contribution in [0.15, 0.2) is 24.3 Å². The van der Waals surface area contributed by atoms with Gasteiger partial charge in [-0.2, -0.15) is 0 Å². The third kappa shape index (κ3) is 5.73. The van der Waals surface area contributed by atoms with Crippen LogP contribution < -0.4 is 14.8 Å². The van der Waals surface area contributed by atoms with Gasteiger partial charge >= 0.3 is 0 Å². The normalized spacial score (nSPS) is 14.8. The summed E-state index contributed by atoms with van der Waals surface area (Å²) in [5.41, 5.74) is 0. The molecule has 1 N–H and O–H groups in total. The van der Waals surface area contributed by atoms with Crippen LogP contribution in [0.5, 0.6) is 11.5 Å². The first-order chi connectivity index (χ1) is 11.2. The lowest BCUT2D eigenvalue weighted by atomic mass is 10.3. The summed E-state index contributed by atoms with van der Waals surface area (Å²) >= 11 is 0. The number of carbonyl (C=O) groups excluding carboxylic acids is 1. The van der Waals surface area contributed by atoms with Gasteiger partial charge in [-0.05, 0) is 26.1 Å². The highest BCUT2D eigenvalue weighted by atomic mass is 16.5. The molecule has 6 heteroatoms. The molecule has 1 aromatic carbocycles. The summed E-state index contributed by atoms with van der Waals surface area (Å²) in [7, 11) is 1.94. The average molecular weight is 321 g/mol. The largest absolute Gasteiger partial charge is 0.490 e. The molecule has 2 rings (SSSR count). The number of piperazine rings is 1. The Morgan fingerprint density at radius 1 is 1.22 bits per heavy atom. The molecule has 0 spiro atoms. The molecule has 0 saturated carbocycles. The molecule has 0 atom stereocenters. The van der Waals surface area contributed by atoms with Crippen LogP contribution in [-0.4, -0.2) is 75.2 Å². The third-order valence-electron chi connectivity index (χ3n) is 3.75. The van der Waals surface area contributed by atoms with E-state index >= 15 is 0 Å². The molecule has 0 bridgehead atoms. The maximum absolute atomic E-state index is 12.2. The number of para-hydroxylation sites is 2. The second-order valence-electron chi connectivity index (χ2n) is 5.60. The van der Waals surface area contributed by atoms with Crippen LogP contribution in [-0.2, 0) is 4.79 Å². The summed E-state index contributed by atoms with van der Waals surface area (Å²) in [5.74, 6) is 1.69. The van der Waals surface area contributed by atoms with Crippen molar-refractivity contribution in [2.45, 2.75) is 6.92 Å². The van der Waals surface area contributed by atoms with Gasteiger partial charge in [0, 0.05) is 32.7 Å². The molecule has 1 aliphatic heterocycles. The summed E-state index contributed by atoms with van der Waals surface area (Å²) in [6, 6.07) is 7.65. The van der Waals surface area contributed by atoms with Crippen LogP contribution in [0.4, 0.5) is 0 Å². The molecule has 1 saturated heterocycles. The Morgan fingerprint density at radius 3 is 2.52 bits per heavy atom.